The highest BCUT2D eigenvalue weighted by molar-refractivity contribution is 5.61. The molecule has 4 rings (SSSR count). The van der Waals surface area contributed by atoms with Crippen LogP contribution in [-0.2, 0) is 15.9 Å². The average Bonchev–Trinajstić information content (AvgIpc) is 3.08. The van der Waals surface area contributed by atoms with E-state index in [1.807, 2.05) is 24.4 Å². The van der Waals surface area contributed by atoms with Crippen LogP contribution in [0.15, 0.2) is 70.2 Å². The molecule has 10 nitrogen and oxygen atoms in total. The van der Waals surface area contributed by atoms with E-state index in [1.165, 1.54) is 6.33 Å². The maximum absolute atomic E-state index is 5.92. The van der Waals surface area contributed by atoms with Crippen LogP contribution in [0.2, 0.25) is 0 Å². The third-order valence-electron chi connectivity index (χ3n) is 5.17. The van der Waals surface area contributed by atoms with Gasteiger partial charge in [0.25, 0.3) is 0 Å². The molecule has 0 amide bonds. The van der Waals surface area contributed by atoms with Crippen molar-refractivity contribution in [1.82, 2.24) is 24.7 Å². The van der Waals surface area contributed by atoms with E-state index < -0.39 is 0 Å². The van der Waals surface area contributed by atoms with Crippen molar-refractivity contribution in [3.8, 4) is 11.7 Å². The molecule has 0 aromatic carbocycles. The van der Waals surface area contributed by atoms with Crippen LogP contribution in [0.4, 0.5) is 5.95 Å². The molecular weight excluding hydrogens is 434 g/mol. The maximum atomic E-state index is 5.92. The lowest BCUT2D eigenvalue weighted by Gasteiger charge is -2.12. The monoisotopic (exact) mass is 461 g/mol. The molecular formula is C24H27N7O3. The van der Waals surface area contributed by atoms with Gasteiger partial charge in [-0.05, 0) is 35.8 Å². The predicted molar refractivity (Wildman–Crippen MR) is 127 cm³/mol. The second kappa shape index (κ2) is 10.6. The van der Waals surface area contributed by atoms with Crippen molar-refractivity contribution in [2.45, 2.75) is 26.2 Å². The van der Waals surface area contributed by atoms with E-state index in [0.29, 0.717) is 54.4 Å². The quantitative estimate of drug-likeness (QED) is 0.565. The number of nitrogens with zero attached hydrogens (tertiary/aromatic N) is 6. The molecule has 10 heteroatoms. The number of nitrogen functional groups attached to an aromatic ring is 1. The molecule has 176 valence electrons. The Morgan fingerprint density at radius 2 is 2.03 bits per heavy atom. The van der Waals surface area contributed by atoms with Gasteiger partial charge in [-0.1, -0.05) is 19.1 Å². The van der Waals surface area contributed by atoms with Gasteiger partial charge in [0.05, 0.1) is 20.8 Å². The summed E-state index contributed by atoms with van der Waals surface area (Å²) in [7, 11) is 3.16. The molecule has 1 unspecified atom stereocenters. The first kappa shape index (κ1) is 23.0. The highest BCUT2D eigenvalue weighted by atomic mass is 16.5. The summed E-state index contributed by atoms with van der Waals surface area (Å²) in [5, 5.41) is 4.32. The molecule has 0 saturated heterocycles. The summed E-state index contributed by atoms with van der Waals surface area (Å²) >= 11 is 0. The van der Waals surface area contributed by atoms with Crippen LogP contribution in [-0.4, -0.2) is 51.8 Å². The fourth-order valence-corrected chi connectivity index (χ4v) is 3.49. The van der Waals surface area contributed by atoms with E-state index in [9.17, 15) is 0 Å². The lowest BCUT2D eigenvalue weighted by molar-refractivity contribution is 0.293. The molecule has 0 spiro atoms. The molecule has 2 aromatic rings. The van der Waals surface area contributed by atoms with E-state index in [0.717, 1.165) is 17.7 Å². The molecule has 1 aliphatic heterocycles. The fourth-order valence-electron chi connectivity index (χ4n) is 3.49. The molecule has 2 aliphatic rings. The second-order valence-electron chi connectivity index (χ2n) is 7.78. The molecule has 2 N–H and O–H groups in total. The van der Waals surface area contributed by atoms with Crippen molar-refractivity contribution in [3.63, 3.8) is 0 Å². The number of aliphatic imine (C=N–C) groups is 1. The number of rotatable bonds is 9. The van der Waals surface area contributed by atoms with Gasteiger partial charge < -0.3 is 19.9 Å². The predicted octanol–water partition coefficient (Wildman–Crippen LogP) is 3.10. The summed E-state index contributed by atoms with van der Waals surface area (Å²) in [6, 6.07) is 1.71. The average molecular weight is 462 g/mol. The van der Waals surface area contributed by atoms with Gasteiger partial charge in [0, 0.05) is 30.8 Å². The van der Waals surface area contributed by atoms with E-state index in [4.69, 9.17) is 19.9 Å². The molecule has 0 bridgehead atoms. The van der Waals surface area contributed by atoms with Crippen LogP contribution >= 0.6 is 0 Å². The summed E-state index contributed by atoms with van der Waals surface area (Å²) in [5.41, 5.74) is 10.9. The van der Waals surface area contributed by atoms with Crippen LogP contribution in [0.3, 0.4) is 0 Å². The molecule has 0 fully saturated rings. The number of nitrogens with two attached hydrogens (primary N) is 1. The number of allylic oxidation sites excluding steroid dienone is 4. The van der Waals surface area contributed by atoms with Crippen molar-refractivity contribution in [1.29, 1.82) is 0 Å². The molecule has 1 atom stereocenters. The van der Waals surface area contributed by atoms with Gasteiger partial charge >= 0.3 is 0 Å². The molecule has 0 saturated carbocycles. The summed E-state index contributed by atoms with van der Waals surface area (Å²) < 4.78 is 18.1. The van der Waals surface area contributed by atoms with Crippen molar-refractivity contribution >= 4 is 12.2 Å². The molecule has 3 heterocycles. The number of anilines is 1. The normalized spacial score (nSPS) is 17.3. The van der Waals surface area contributed by atoms with Gasteiger partial charge in [0.15, 0.2) is 17.3 Å². The Morgan fingerprint density at radius 3 is 2.82 bits per heavy atom. The van der Waals surface area contributed by atoms with E-state index >= 15 is 0 Å². The highest BCUT2D eigenvalue weighted by Crippen LogP contribution is 2.20. The van der Waals surface area contributed by atoms with Crippen molar-refractivity contribution in [3.05, 3.63) is 71.0 Å². The van der Waals surface area contributed by atoms with Gasteiger partial charge in [0.2, 0.25) is 11.8 Å². The number of hydrogen-bond donors (Lipinski definition) is 1. The Bertz CT molecular complexity index is 1230. The van der Waals surface area contributed by atoms with Gasteiger partial charge in [0.1, 0.15) is 12.2 Å². The van der Waals surface area contributed by atoms with Crippen LogP contribution in [0.1, 0.15) is 25.6 Å². The minimum atomic E-state index is 0.142. The Hall–Kier alpha value is -4.17. The molecule has 0 radical (unpaired) electrons. The first-order valence-electron chi connectivity index (χ1n) is 10.9. The third-order valence-corrected chi connectivity index (χ3v) is 5.17. The summed E-state index contributed by atoms with van der Waals surface area (Å²) in [4.78, 5) is 17.4. The second-order valence-corrected chi connectivity index (χ2v) is 7.78. The van der Waals surface area contributed by atoms with Gasteiger partial charge in [-0.15, -0.1) is 5.10 Å². The maximum Gasteiger partial charge on any atom is 0.240 e. The summed E-state index contributed by atoms with van der Waals surface area (Å²) in [5.74, 6) is 3.29. The molecule has 34 heavy (non-hydrogen) atoms. The zero-order valence-electron chi connectivity index (χ0n) is 19.4. The zero-order chi connectivity index (χ0) is 23.9. The topological polar surface area (TPSA) is 123 Å². The lowest BCUT2D eigenvalue weighted by atomic mass is 10.0. The van der Waals surface area contributed by atoms with Crippen LogP contribution in [0.25, 0.3) is 5.82 Å². The minimum Gasteiger partial charge on any atom is -0.489 e. The highest BCUT2D eigenvalue weighted by Gasteiger charge is 2.15. The van der Waals surface area contributed by atoms with Crippen LogP contribution < -0.4 is 10.5 Å². The number of hydrogen-bond acceptors (Lipinski definition) is 9. The minimum absolute atomic E-state index is 0.142. The SMILES string of the molecule is COC1=C=C(OC)C=C(Cc2nc(N)nn2-c2cc(OCCC3=CC(C)CC=N3)ncn2)C=C1. The summed E-state index contributed by atoms with van der Waals surface area (Å²) in [6.07, 6.45) is 13.2. The smallest absolute Gasteiger partial charge is 0.240 e. The Kier molecular flexibility index (Phi) is 7.19. The Morgan fingerprint density at radius 1 is 1.18 bits per heavy atom. The van der Waals surface area contributed by atoms with Crippen molar-refractivity contribution < 1.29 is 14.2 Å². The molecule has 2 aromatic heterocycles. The van der Waals surface area contributed by atoms with E-state index in [1.54, 1.807) is 25.0 Å². The third kappa shape index (κ3) is 5.79. The van der Waals surface area contributed by atoms with Crippen molar-refractivity contribution in [2.24, 2.45) is 10.9 Å². The standard InChI is InChI=1S/C24H27N7O3/c1-16-6-8-26-18(10-16)7-9-34-23-14-21(27-15-28-23)31-22(29-24(25)30-31)12-17-4-5-19(32-2)13-20(11-17)33-3/h4-5,8,10-11,14-16H,6-7,9,12H2,1-3H3,(H2,25,30). The first-order chi connectivity index (χ1) is 16.5. The van der Waals surface area contributed by atoms with E-state index in [2.05, 4.69) is 43.8 Å². The van der Waals surface area contributed by atoms with Gasteiger partial charge in [-0.2, -0.15) is 9.67 Å². The van der Waals surface area contributed by atoms with Gasteiger partial charge in [-0.25, -0.2) is 9.97 Å². The van der Waals surface area contributed by atoms with Crippen LogP contribution in [0.5, 0.6) is 5.88 Å². The number of methoxy groups -OCH3 is 2. The largest absolute Gasteiger partial charge is 0.489 e. The Balaban J connectivity index is 1.49. The van der Waals surface area contributed by atoms with Crippen molar-refractivity contribution in [2.75, 3.05) is 26.6 Å². The fraction of sp³-hybridized carbons (Fsp3) is 0.333. The molecule has 1 aliphatic carbocycles. The van der Waals surface area contributed by atoms with Gasteiger partial charge in [-0.3, -0.25) is 4.99 Å². The Labute approximate surface area is 197 Å². The van der Waals surface area contributed by atoms with Crippen LogP contribution in [0, 0.1) is 5.92 Å². The number of ether oxygens (including phenoxy) is 3. The van der Waals surface area contributed by atoms with E-state index in [-0.39, 0.29) is 5.95 Å². The lowest BCUT2D eigenvalue weighted by Crippen LogP contribution is -2.08. The summed E-state index contributed by atoms with van der Waals surface area (Å²) in [6.45, 7) is 2.63. The zero-order valence-corrected chi connectivity index (χ0v) is 19.4. The number of aromatic nitrogens is 5. The first-order valence-corrected chi connectivity index (χ1v) is 10.9.